The number of thiazole rings is 1. The van der Waals surface area contributed by atoms with Crippen LogP contribution in [0, 0.1) is 0 Å². The van der Waals surface area contributed by atoms with Crippen molar-refractivity contribution in [3.05, 3.63) is 66.2 Å². The third kappa shape index (κ3) is 5.41. The molecule has 3 aromatic rings. The summed E-state index contributed by atoms with van der Waals surface area (Å²) in [6, 6.07) is 17.1. The van der Waals surface area contributed by atoms with Gasteiger partial charge in [0.25, 0.3) is 0 Å². The van der Waals surface area contributed by atoms with Crippen LogP contribution in [0.4, 0.5) is 5.69 Å². The molecule has 25 heavy (non-hydrogen) atoms. The number of benzene rings is 2. The van der Waals surface area contributed by atoms with Gasteiger partial charge in [-0.25, -0.2) is 4.98 Å². The lowest BCUT2D eigenvalue weighted by Crippen LogP contribution is -2.20. The van der Waals surface area contributed by atoms with Gasteiger partial charge in [-0.15, -0.1) is 11.3 Å². The second-order valence-electron chi connectivity index (χ2n) is 5.18. The van der Waals surface area contributed by atoms with Gasteiger partial charge in [-0.05, 0) is 36.4 Å². The first-order chi connectivity index (χ1) is 12.3. The Kier molecular flexibility index (Phi) is 6.14. The van der Waals surface area contributed by atoms with Crippen LogP contribution in [0.15, 0.2) is 66.2 Å². The van der Waals surface area contributed by atoms with E-state index in [0.717, 1.165) is 22.0 Å². The number of rotatable bonds is 8. The van der Waals surface area contributed by atoms with E-state index in [-0.39, 0.29) is 12.5 Å². The molecule has 1 N–H and O–H groups in total. The number of amides is 1. The second-order valence-corrected chi connectivity index (χ2v) is 6.07. The monoisotopic (exact) mass is 354 g/mol. The van der Waals surface area contributed by atoms with E-state index in [9.17, 15) is 4.79 Å². The third-order valence-corrected chi connectivity index (χ3v) is 4.14. The zero-order chi connectivity index (χ0) is 17.3. The summed E-state index contributed by atoms with van der Waals surface area (Å²) in [6.45, 7) is 0.748. The van der Waals surface area contributed by atoms with Crippen molar-refractivity contribution in [1.29, 1.82) is 0 Å². The van der Waals surface area contributed by atoms with Gasteiger partial charge in [0.2, 0.25) is 5.91 Å². The molecule has 0 aliphatic rings. The summed E-state index contributed by atoms with van der Waals surface area (Å²) < 4.78 is 10.8. The molecule has 0 aliphatic carbocycles. The predicted molar refractivity (Wildman–Crippen MR) is 98.9 cm³/mol. The molecule has 0 fully saturated rings. The average molecular weight is 354 g/mol. The molecule has 3 rings (SSSR count). The van der Waals surface area contributed by atoms with Crippen molar-refractivity contribution in [2.24, 2.45) is 0 Å². The fourth-order valence-corrected chi connectivity index (χ4v) is 2.80. The average Bonchev–Trinajstić information content (AvgIpc) is 3.18. The van der Waals surface area contributed by atoms with Gasteiger partial charge in [0.05, 0.1) is 6.61 Å². The summed E-state index contributed by atoms with van der Waals surface area (Å²) in [7, 11) is 0. The molecule has 0 atom stereocenters. The molecule has 0 radical (unpaired) electrons. The minimum atomic E-state index is -0.193. The first kappa shape index (κ1) is 17.1. The fraction of sp³-hybridized carbons (Fsp3) is 0.158. The molecule has 1 aromatic heterocycles. The van der Waals surface area contributed by atoms with Crippen LogP contribution >= 0.6 is 11.3 Å². The van der Waals surface area contributed by atoms with Crippen LogP contribution in [0.25, 0.3) is 10.6 Å². The number of nitrogens with one attached hydrogen (secondary N) is 1. The highest BCUT2D eigenvalue weighted by molar-refractivity contribution is 7.13. The Balaban J connectivity index is 1.36. The molecule has 5 nitrogen and oxygen atoms in total. The van der Waals surface area contributed by atoms with Gasteiger partial charge in [-0.1, -0.05) is 18.2 Å². The SMILES string of the molecule is O=C(COCCOc1ccccc1)Nc1ccc(-c2nccs2)cc1. The molecule has 0 saturated carbocycles. The number of hydrogen-bond donors (Lipinski definition) is 1. The second kappa shape index (κ2) is 8.96. The Morgan fingerprint density at radius 1 is 1.04 bits per heavy atom. The molecule has 1 heterocycles. The van der Waals surface area contributed by atoms with E-state index in [1.54, 1.807) is 17.5 Å². The zero-order valence-corrected chi connectivity index (χ0v) is 14.4. The molecule has 1 amide bonds. The number of anilines is 1. The lowest BCUT2D eigenvalue weighted by molar-refractivity contribution is -0.120. The molecule has 0 saturated heterocycles. The van der Waals surface area contributed by atoms with E-state index in [1.165, 1.54) is 0 Å². The molecular formula is C19H18N2O3S. The lowest BCUT2D eigenvalue weighted by atomic mass is 10.2. The third-order valence-electron chi connectivity index (χ3n) is 3.32. The maximum Gasteiger partial charge on any atom is 0.250 e. The van der Waals surface area contributed by atoms with Crippen LogP contribution < -0.4 is 10.1 Å². The highest BCUT2D eigenvalue weighted by Crippen LogP contribution is 2.23. The van der Waals surface area contributed by atoms with Gasteiger partial charge >= 0.3 is 0 Å². The highest BCUT2D eigenvalue weighted by Gasteiger charge is 2.04. The van der Waals surface area contributed by atoms with Crippen LogP contribution in [0.1, 0.15) is 0 Å². The number of para-hydroxylation sites is 1. The molecular weight excluding hydrogens is 336 g/mol. The van der Waals surface area contributed by atoms with Crippen molar-refractivity contribution in [3.63, 3.8) is 0 Å². The Bertz CT molecular complexity index is 774. The largest absolute Gasteiger partial charge is 0.491 e. The first-order valence-electron chi connectivity index (χ1n) is 7.86. The van der Waals surface area contributed by atoms with Gasteiger partial charge in [-0.3, -0.25) is 4.79 Å². The highest BCUT2D eigenvalue weighted by atomic mass is 32.1. The smallest absolute Gasteiger partial charge is 0.250 e. The number of aromatic nitrogens is 1. The van der Waals surface area contributed by atoms with Crippen molar-refractivity contribution in [2.45, 2.75) is 0 Å². The van der Waals surface area contributed by atoms with E-state index in [2.05, 4.69) is 10.3 Å². The number of nitrogens with zero attached hydrogens (tertiary/aromatic N) is 1. The standard InChI is InChI=1S/C19H18N2O3S/c22-18(14-23-11-12-24-17-4-2-1-3-5-17)21-16-8-6-15(7-9-16)19-20-10-13-25-19/h1-10,13H,11-12,14H2,(H,21,22). The van der Waals surface area contributed by atoms with E-state index in [4.69, 9.17) is 9.47 Å². The first-order valence-corrected chi connectivity index (χ1v) is 8.74. The lowest BCUT2D eigenvalue weighted by Gasteiger charge is -2.08. The summed E-state index contributed by atoms with van der Waals surface area (Å²) in [5, 5.41) is 5.69. The number of carbonyl (C=O) groups excluding carboxylic acids is 1. The Morgan fingerprint density at radius 3 is 2.56 bits per heavy atom. The quantitative estimate of drug-likeness (QED) is 0.624. The molecule has 0 unspecified atom stereocenters. The summed E-state index contributed by atoms with van der Waals surface area (Å²) in [5.74, 6) is 0.595. The molecule has 6 heteroatoms. The minimum absolute atomic E-state index is 0.00756. The Morgan fingerprint density at radius 2 is 1.84 bits per heavy atom. The molecule has 0 bridgehead atoms. The van der Waals surface area contributed by atoms with Crippen LogP contribution in [0.2, 0.25) is 0 Å². The van der Waals surface area contributed by atoms with Gasteiger partial charge in [0.15, 0.2) is 0 Å². The van der Waals surface area contributed by atoms with Crippen molar-refractivity contribution in [3.8, 4) is 16.3 Å². The summed E-state index contributed by atoms with van der Waals surface area (Å²) in [5.41, 5.74) is 1.76. The number of carbonyl (C=O) groups is 1. The maximum atomic E-state index is 11.9. The van der Waals surface area contributed by atoms with Gasteiger partial charge in [0.1, 0.15) is 24.0 Å². The van der Waals surface area contributed by atoms with Crippen molar-refractivity contribution < 1.29 is 14.3 Å². The maximum absolute atomic E-state index is 11.9. The van der Waals surface area contributed by atoms with E-state index >= 15 is 0 Å². The molecule has 2 aromatic carbocycles. The Hall–Kier alpha value is -2.70. The van der Waals surface area contributed by atoms with Crippen LogP contribution in [-0.4, -0.2) is 30.7 Å². The summed E-state index contributed by atoms with van der Waals surface area (Å²) in [6.07, 6.45) is 1.77. The molecule has 128 valence electrons. The Labute approximate surface area is 150 Å². The van der Waals surface area contributed by atoms with Gasteiger partial charge < -0.3 is 14.8 Å². The van der Waals surface area contributed by atoms with Crippen LogP contribution in [0.3, 0.4) is 0 Å². The van der Waals surface area contributed by atoms with Crippen molar-refractivity contribution in [1.82, 2.24) is 4.98 Å². The van der Waals surface area contributed by atoms with Gasteiger partial charge in [0, 0.05) is 22.8 Å². The number of ether oxygens (including phenoxy) is 2. The van der Waals surface area contributed by atoms with Gasteiger partial charge in [-0.2, -0.15) is 0 Å². The predicted octanol–water partition coefficient (Wildman–Crippen LogP) is 3.84. The normalized spacial score (nSPS) is 10.4. The van der Waals surface area contributed by atoms with E-state index in [0.29, 0.717) is 13.2 Å². The summed E-state index contributed by atoms with van der Waals surface area (Å²) in [4.78, 5) is 16.1. The number of hydrogen-bond acceptors (Lipinski definition) is 5. The van der Waals surface area contributed by atoms with Crippen molar-refractivity contribution in [2.75, 3.05) is 25.1 Å². The topological polar surface area (TPSA) is 60.5 Å². The van der Waals surface area contributed by atoms with E-state index in [1.807, 2.05) is 60.0 Å². The van der Waals surface area contributed by atoms with Crippen molar-refractivity contribution >= 4 is 22.9 Å². The molecule has 0 spiro atoms. The fourth-order valence-electron chi connectivity index (χ4n) is 2.16. The van der Waals surface area contributed by atoms with E-state index < -0.39 is 0 Å². The summed E-state index contributed by atoms with van der Waals surface area (Å²) >= 11 is 1.58. The zero-order valence-electron chi connectivity index (χ0n) is 13.6. The molecule has 0 aliphatic heterocycles. The van der Waals surface area contributed by atoms with Crippen LogP contribution in [0.5, 0.6) is 5.75 Å². The minimum Gasteiger partial charge on any atom is -0.491 e. The van der Waals surface area contributed by atoms with Crippen LogP contribution in [-0.2, 0) is 9.53 Å².